The van der Waals surface area contributed by atoms with Crippen LogP contribution in [0.4, 0.5) is 0 Å². The number of nitrogens with zero attached hydrogens (tertiary/aromatic N) is 1. The Hall–Kier alpha value is -1.06. The van der Waals surface area contributed by atoms with E-state index in [1.807, 2.05) is 6.92 Å². The Labute approximate surface area is 123 Å². The number of hydrogen-bond acceptors (Lipinski definition) is 3. The third kappa shape index (κ3) is 4.22. The topological polar surface area (TPSA) is 24.5 Å². The Morgan fingerprint density at radius 2 is 2.15 bits per heavy atom. The van der Waals surface area contributed by atoms with Gasteiger partial charge in [-0.2, -0.15) is 0 Å². The fraction of sp³-hybridized carbons (Fsp3) is 0.647. The first-order valence-electron chi connectivity index (χ1n) is 7.86. The highest BCUT2D eigenvalue weighted by molar-refractivity contribution is 5.33. The monoisotopic (exact) mass is 276 g/mol. The summed E-state index contributed by atoms with van der Waals surface area (Å²) in [5.74, 6) is 1.73. The molecule has 1 atom stereocenters. The van der Waals surface area contributed by atoms with E-state index in [2.05, 4.69) is 48.3 Å². The van der Waals surface area contributed by atoms with Gasteiger partial charge in [-0.3, -0.25) is 4.90 Å². The van der Waals surface area contributed by atoms with E-state index in [1.165, 1.54) is 12.0 Å². The first kappa shape index (κ1) is 15.3. The molecule has 1 aliphatic rings. The molecule has 0 aliphatic carbocycles. The molecule has 2 rings (SSSR count). The molecule has 1 aromatic carbocycles. The molecule has 0 spiro atoms. The number of hydrogen-bond donors (Lipinski definition) is 1. The van der Waals surface area contributed by atoms with E-state index in [9.17, 15) is 0 Å². The molecule has 112 valence electrons. The second-order valence-corrected chi connectivity index (χ2v) is 6.01. The molecule has 1 saturated heterocycles. The summed E-state index contributed by atoms with van der Waals surface area (Å²) in [7, 11) is 0. The normalized spacial score (nSPS) is 18.9. The van der Waals surface area contributed by atoms with E-state index >= 15 is 0 Å². The van der Waals surface area contributed by atoms with Gasteiger partial charge in [0.2, 0.25) is 0 Å². The number of rotatable bonds is 7. The summed E-state index contributed by atoms with van der Waals surface area (Å²) in [4.78, 5) is 2.61. The maximum atomic E-state index is 5.76. The van der Waals surface area contributed by atoms with Gasteiger partial charge in [0.15, 0.2) is 0 Å². The molecule has 3 nitrogen and oxygen atoms in total. The zero-order chi connectivity index (χ0) is 14.4. The summed E-state index contributed by atoms with van der Waals surface area (Å²) in [6, 6.07) is 9.10. The summed E-state index contributed by atoms with van der Waals surface area (Å²) < 4.78 is 5.76. The van der Waals surface area contributed by atoms with Gasteiger partial charge in [0.25, 0.3) is 0 Å². The zero-order valence-corrected chi connectivity index (χ0v) is 13.1. The van der Waals surface area contributed by atoms with Crippen molar-refractivity contribution in [1.29, 1.82) is 0 Å². The fourth-order valence-corrected chi connectivity index (χ4v) is 2.91. The Kier molecular flexibility index (Phi) is 5.86. The molecule has 0 radical (unpaired) electrons. The quantitative estimate of drug-likeness (QED) is 0.829. The molecule has 0 saturated carbocycles. The van der Waals surface area contributed by atoms with Gasteiger partial charge in [0.1, 0.15) is 5.75 Å². The van der Waals surface area contributed by atoms with Gasteiger partial charge >= 0.3 is 0 Å². The van der Waals surface area contributed by atoms with Crippen molar-refractivity contribution >= 4 is 0 Å². The predicted octanol–water partition coefficient (Wildman–Crippen LogP) is 2.91. The van der Waals surface area contributed by atoms with Crippen molar-refractivity contribution in [2.75, 3.05) is 26.2 Å². The van der Waals surface area contributed by atoms with E-state index in [0.717, 1.165) is 38.5 Å². The fourth-order valence-electron chi connectivity index (χ4n) is 2.91. The lowest BCUT2D eigenvalue weighted by molar-refractivity contribution is 0.174. The van der Waals surface area contributed by atoms with Gasteiger partial charge in [-0.05, 0) is 31.9 Å². The van der Waals surface area contributed by atoms with Crippen molar-refractivity contribution < 1.29 is 4.74 Å². The van der Waals surface area contributed by atoms with Gasteiger partial charge in [0.05, 0.1) is 6.61 Å². The van der Waals surface area contributed by atoms with Crippen molar-refractivity contribution in [1.82, 2.24) is 10.2 Å². The van der Waals surface area contributed by atoms with Crippen LogP contribution in [0, 0.1) is 5.92 Å². The van der Waals surface area contributed by atoms with Gasteiger partial charge in [-0.1, -0.05) is 32.0 Å². The van der Waals surface area contributed by atoms with Crippen LogP contribution in [0.5, 0.6) is 5.75 Å². The molecular formula is C17H28N2O. The number of benzene rings is 1. The van der Waals surface area contributed by atoms with Crippen LogP contribution < -0.4 is 10.1 Å². The molecule has 1 aromatic rings. The van der Waals surface area contributed by atoms with E-state index in [1.54, 1.807) is 0 Å². The van der Waals surface area contributed by atoms with Crippen LogP contribution in [-0.2, 0) is 6.54 Å². The minimum atomic E-state index is 0.659. The molecule has 1 N–H and O–H groups in total. The second kappa shape index (κ2) is 7.65. The van der Waals surface area contributed by atoms with Crippen LogP contribution in [0.1, 0.15) is 32.8 Å². The molecule has 0 amide bonds. The summed E-state index contributed by atoms with van der Waals surface area (Å²) in [6.45, 7) is 11.8. The highest BCUT2D eigenvalue weighted by Crippen LogP contribution is 2.22. The van der Waals surface area contributed by atoms with Crippen molar-refractivity contribution in [2.24, 2.45) is 5.92 Å². The Balaban J connectivity index is 2.09. The van der Waals surface area contributed by atoms with E-state index < -0.39 is 0 Å². The molecule has 0 bridgehead atoms. The lowest BCUT2D eigenvalue weighted by atomic mass is 10.1. The van der Waals surface area contributed by atoms with Crippen molar-refractivity contribution in [3.63, 3.8) is 0 Å². The lowest BCUT2D eigenvalue weighted by Crippen LogP contribution is -2.38. The molecule has 3 heteroatoms. The van der Waals surface area contributed by atoms with Gasteiger partial charge < -0.3 is 10.1 Å². The summed E-state index contributed by atoms with van der Waals surface area (Å²) in [6.07, 6.45) is 1.25. The van der Waals surface area contributed by atoms with Crippen LogP contribution in [0.3, 0.4) is 0 Å². The third-order valence-corrected chi connectivity index (χ3v) is 3.80. The van der Waals surface area contributed by atoms with Gasteiger partial charge in [-0.25, -0.2) is 0 Å². The smallest absolute Gasteiger partial charge is 0.123 e. The first-order chi connectivity index (χ1) is 9.70. The molecular weight excluding hydrogens is 248 g/mol. The number of para-hydroxylation sites is 1. The molecule has 20 heavy (non-hydrogen) atoms. The maximum absolute atomic E-state index is 5.76. The third-order valence-electron chi connectivity index (χ3n) is 3.80. The van der Waals surface area contributed by atoms with Crippen molar-refractivity contribution in [3.8, 4) is 5.75 Å². The summed E-state index contributed by atoms with van der Waals surface area (Å²) >= 11 is 0. The molecule has 1 heterocycles. The van der Waals surface area contributed by atoms with Crippen molar-refractivity contribution in [3.05, 3.63) is 29.8 Å². The molecule has 1 aliphatic heterocycles. The van der Waals surface area contributed by atoms with Crippen molar-refractivity contribution in [2.45, 2.75) is 39.8 Å². The first-order valence-corrected chi connectivity index (χ1v) is 7.86. The van der Waals surface area contributed by atoms with Crippen LogP contribution in [0.25, 0.3) is 0 Å². The Morgan fingerprint density at radius 1 is 1.35 bits per heavy atom. The van der Waals surface area contributed by atoms with E-state index in [-0.39, 0.29) is 0 Å². The predicted molar refractivity (Wildman–Crippen MR) is 84.1 cm³/mol. The standard InChI is InChI=1S/C17H28N2O/c1-4-20-17-8-6-5-7-15(17)13-19(12-14(2)3)16-9-10-18-11-16/h5-8,14,16,18H,4,9-13H2,1-3H3. The highest BCUT2D eigenvalue weighted by Gasteiger charge is 2.23. The summed E-state index contributed by atoms with van der Waals surface area (Å²) in [5, 5.41) is 3.48. The zero-order valence-electron chi connectivity index (χ0n) is 13.1. The highest BCUT2D eigenvalue weighted by atomic mass is 16.5. The van der Waals surface area contributed by atoms with Crippen LogP contribution in [0.2, 0.25) is 0 Å². The SMILES string of the molecule is CCOc1ccccc1CN(CC(C)C)C1CCNC1. The minimum absolute atomic E-state index is 0.659. The van der Waals surface area contributed by atoms with Gasteiger partial charge in [-0.15, -0.1) is 0 Å². The largest absolute Gasteiger partial charge is 0.494 e. The average molecular weight is 276 g/mol. The molecule has 1 unspecified atom stereocenters. The van der Waals surface area contributed by atoms with E-state index in [0.29, 0.717) is 12.0 Å². The number of ether oxygens (including phenoxy) is 1. The van der Waals surface area contributed by atoms with Gasteiger partial charge in [0, 0.05) is 31.2 Å². The lowest BCUT2D eigenvalue weighted by Gasteiger charge is -2.30. The van der Waals surface area contributed by atoms with Crippen LogP contribution in [0.15, 0.2) is 24.3 Å². The Bertz CT molecular complexity index is 400. The minimum Gasteiger partial charge on any atom is -0.494 e. The maximum Gasteiger partial charge on any atom is 0.123 e. The summed E-state index contributed by atoms with van der Waals surface area (Å²) in [5.41, 5.74) is 1.31. The molecule has 0 aromatic heterocycles. The number of nitrogens with one attached hydrogen (secondary N) is 1. The van der Waals surface area contributed by atoms with Crippen LogP contribution >= 0.6 is 0 Å². The van der Waals surface area contributed by atoms with Crippen LogP contribution in [-0.4, -0.2) is 37.2 Å². The second-order valence-electron chi connectivity index (χ2n) is 6.01. The average Bonchev–Trinajstić information content (AvgIpc) is 2.94. The molecule has 1 fully saturated rings. The van der Waals surface area contributed by atoms with E-state index in [4.69, 9.17) is 4.74 Å². The Morgan fingerprint density at radius 3 is 2.80 bits per heavy atom.